The van der Waals surface area contributed by atoms with Gasteiger partial charge in [-0.25, -0.2) is 8.78 Å². The molecular weight excluding hydrogens is 498 g/mol. The molecule has 8 heteroatoms. The lowest BCUT2D eigenvalue weighted by Gasteiger charge is -2.37. The van der Waals surface area contributed by atoms with Gasteiger partial charge in [-0.15, -0.1) is 0 Å². The third kappa shape index (κ3) is 7.18. The second-order valence-corrected chi connectivity index (χ2v) is 9.87. The lowest BCUT2D eigenvalue weighted by atomic mass is 9.80. The standard InChI is InChI=1S/C29H29ClF2N2O3/c1-37-24-7-8-28-26(16-24)25(27(30)17-33-28)6-2-5-20-9-11-34(18-21(20)14-29(35)36)10-3-4-19-12-22(31)15-23(32)13-19/h7-8,12-13,15-17,20-21H,2,5-6,9-11,14,18H2,1H3,(H,35,36)/t20-,21-/m1/s1. The SMILES string of the molecule is COc1ccc2ncc(Cl)c(CCC[C@@H]3CCN(CC#Cc4cc(F)cc(F)c4)C[C@H]3CC(=O)O)c2c1. The van der Waals surface area contributed by atoms with Crippen molar-refractivity contribution < 1.29 is 23.4 Å². The molecule has 0 spiro atoms. The largest absolute Gasteiger partial charge is 0.497 e. The Morgan fingerprint density at radius 1 is 1.22 bits per heavy atom. The lowest BCUT2D eigenvalue weighted by molar-refractivity contribution is -0.139. The van der Waals surface area contributed by atoms with Gasteiger partial charge in [-0.05, 0) is 80.0 Å². The number of piperidine rings is 1. The van der Waals surface area contributed by atoms with Crippen LogP contribution < -0.4 is 4.74 Å². The zero-order valence-electron chi connectivity index (χ0n) is 20.6. The van der Waals surface area contributed by atoms with E-state index in [4.69, 9.17) is 16.3 Å². The number of rotatable bonds is 8. The topological polar surface area (TPSA) is 62.7 Å². The van der Waals surface area contributed by atoms with Crippen molar-refractivity contribution in [1.82, 2.24) is 9.88 Å². The van der Waals surface area contributed by atoms with Crippen molar-refractivity contribution in [2.75, 3.05) is 26.7 Å². The van der Waals surface area contributed by atoms with E-state index in [9.17, 15) is 18.7 Å². The highest BCUT2D eigenvalue weighted by Gasteiger charge is 2.30. The first-order chi connectivity index (χ1) is 17.8. The highest BCUT2D eigenvalue weighted by atomic mass is 35.5. The molecule has 1 aromatic heterocycles. The highest BCUT2D eigenvalue weighted by Crippen LogP contribution is 2.33. The number of nitrogens with zero attached hydrogens (tertiary/aromatic N) is 2. The first kappa shape index (κ1) is 26.8. The molecule has 0 saturated carbocycles. The summed E-state index contributed by atoms with van der Waals surface area (Å²) in [6.45, 7) is 1.84. The first-order valence-corrected chi connectivity index (χ1v) is 12.7. The molecule has 194 valence electrons. The highest BCUT2D eigenvalue weighted by molar-refractivity contribution is 6.32. The fraction of sp³-hybridized carbons (Fsp3) is 0.379. The van der Waals surface area contributed by atoms with Gasteiger partial charge in [0.25, 0.3) is 0 Å². The number of benzene rings is 2. The Hall–Kier alpha value is -3.21. The monoisotopic (exact) mass is 526 g/mol. The Labute approximate surface area is 220 Å². The number of carbonyl (C=O) groups is 1. The molecule has 0 bridgehead atoms. The van der Waals surface area contributed by atoms with Crippen molar-refractivity contribution in [3.63, 3.8) is 0 Å². The van der Waals surface area contributed by atoms with Gasteiger partial charge in [0.1, 0.15) is 17.4 Å². The number of hydrogen-bond acceptors (Lipinski definition) is 4. The van der Waals surface area contributed by atoms with Gasteiger partial charge < -0.3 is 9.84 Å². The van der Waals surface area contributed by atoms with Crippen LogP contribution in [0.2, 0.25) is 5.02 Å². The van der Waals surface area contributed by atoms with Crippen LogP contribution in [0.25, 0.3) is 10.9 Å². The molecule has 1 fully saturated rings. The van der Waals surface area contributed by atoms with Crippen LogP contribution in [0, 0.1) is 35.3 Å². The predicted molar refractivity (Wildman–Crippen MR) is 140 cm³/mol. The van der Waals surface area contributed by atoms with E-state index in [0.717, 1.165) is 60.5 Å². The van der Waals surface area contributed by atoms with E-state index in [0.29, 0.717) is 18.1 Å². The minimum absolute atomic E-state index is 0.00409. The van der Waals surface area contributed by atoms with Gasteiger partial charge in [-0.2, -0.15) is 0 Å². The maximum absolute atomic E-state index is 13.4. The van der Waals surface area contributed by atoms with Gasteiger partial charge >= 0.3 is 5.97 Å². The van der Waals surface area contributed by atoms with Crippen LogP contribution in [0.4, 0.5) is 8.78 Å². The molecule has 2 atom stereocenters. The van der Waals surface area contributed by atoms with Crippen molar-refractivity contribution in [1.29, 1.82) is 0 Å². The zero-order chi connectivity index (χ0) is 26.4. The third-order valence-corrected chi connectivity index (χ3v) is 7.27. The molecular formula is C29H29ClF2N2O3. The molecule has 0 amide bonds. The number of hydrogen-bond donors (Lipinski definition) is 1. The zero-order valence-corrected chi connectivity index (χ0v) is 21.4. The van der Waals surface area contributed by atoms with Gasteiger partial charge in [0.2, 0.25) is 0 Å². The van der Waals surface area contributed by atoms with Crippen LogP contribution in [0.3, 0.4) is 0 Å². The van der Waals surface area contributed by atoms with Gasteiger partial charge in [-0.3, -0.25) is 14.7 Å². The molecule has 3 aromatic rings. The first-order valence-electron chi connectivity index (χ1n) is 12.3. The summed E-state index contributed by atoms with van der Waals surface area (Å²) >= 11 is 6.50. The molecule has 2 aromatic carbocycles. The Kier molecular flexibility index (Phi) is 8.96. The summed E-state index contributed by atoms with van der Waals surface area (Å²) in [5.74, 6) is 4.68. The molecule has 2 heterocycles. The van der Waals surface area contributed by atoms with Gasteiger partial charge in [0, 0.05) is 36.2 Å². The minimum atomic E-state index is -0.812. The number of pyridine rings is 1. The van der Waals surface area contributed by atoms with Crippen LogP contribution in [0.5, 0.6) is 5.75 Å². The van der Waals surface area contributed by atoms with Crippen LogP contribution in [0.15, 0.2) is 42.6 Å². The van der Waals surface area contributed by atoms with E-state index < -0.39 is 17.6 Å². The van der Waals surface area contributed by atoms with Gasteiger partial charge in [0.05, 0.1) is 24.2 Å². The van der Waals surface area contributed by atoms with Crippen LogP contribution >= 0.6 is 11.6 Å². The summed E-state index contributed by atoms with van der Waals surface area (Å²) in [6.07, 6.45) is 5.18. The Morgan fingerprint density at radius 2 is 2.00 bits per heavy atom. The van der Waals surface area contributed by atoms with E-state index in [1.54, 1.807) is 13.3 Å². The van der Waals surface area contributed by atoms with Crippen molar-refractivity contribution >= 4 is 28.5 Å². The molecule has 0 unspecified atom stereocenters. The Morgan fingerprint density at radius 3 is 2.73 bits per heavy atom. The minimum Gasteiger partial charge on any atom is -0.497 e. The molecule has 0 aliphatic carbocycles. The summed E-state index contributed by atoms with van der Waals surface area (Å²) < 4.78 is 32.1. The van der Waals surface area contributed by atoms with Crippen molar-refractivity contribution in [2.45, 2.75) is 32.1 Å². The average molecular weight is 527 g/mol. The van der Waals surface area contributed by atoms with Gasteiger partial charge in [-0.1, -0.05) is 23.4 Å². The normalized spacial score (nSPS) is 17.8. The molecule has 1 aliphatic rings. The van der Waals surface area contributed by atoms with Crippen LogP contribution in [0.1, 0.15) is 36.8 Å². The number of aliphatic carboxylic acids is 1. The number of methoxy groups -OCH3 is 1. The molecule has 5 nitrogen and oxygen atoms in total. The second-order valence-electron chi connectivity index (χ2n) is 9.46. The smallest absolute Gasteiger partial charge is 0.303 e. The number of halogens is 3. The van der Waals surface area contributed by atoms with E-state index in [2.05, 4.69) is 21.7 Å². The maximum Gasteiger partial charge on any atom is 0.303 e. The molecule has 37 heavy (non-hydrogen) atoms. The fourth-order valence-electron chi connectivity index (χ4n) is 5.14. The quantitative estimate of drug-likeness (QED) is 0.367. The third-order valence-electron chi connectivity index (χ3n) is 6.95. The predicted octanol–water partition coefficient (Wildman–Crippen LogP) is 5.96. The van der Waals surface area contributed by atoms with Crippen LogP contribution in [-0.4, -0.2) is 47.7 Å². The molecule has 1 saturated heterocycles. The summed E-state index contributed by atoms with van der Waals surface area (Å²) in [6, 6.07) is 8.95. The number of aryl methyl sites for hydroxylation is 1. The van der Waals surface area contributed by atoms with Gasteiger partial charge in [0.15, 0.2) is 0 Å². The molecule has 4 rings (SSSR count). The number of ether oxygens (including phenoxy) is 1. The number of fused-ring (bicyclic) bond motifs is 1. The van der Waals surface area contributed by atoms with Crippen molar-refractivity contribution in [3.05, 3.63) is 70.4 Å². The molecule has 0 radical (unpaired) electrons. The Bertz CT molecular complexity index is 1320. The van der Waals surface area contributed by atoms with E-state index in [1.165, 1.54) is 12.1 Å². The average Bonchev–Trinajstić information content (AvgIpc) is 2.85. The number of carboxylic acids is 1. The number of aromatic nitrogens is 1. The van der Waals surface area contributed by atoms with E-state index in [-0.39, 0.29) is 23.8 Å². The summed E-state index contributed by atoms with van der Waals surface area (Å²) in [7, 11) is 1.63. The molecule has 1 N–H and O–H groups in total. The van der Waals surface area contributed by atoms with Crippen LogP contribution in [-0.2, 0) is 11.2 Å². The summed E-state index contributed by atoms with van der Waals surface area (Å²) in [5, 5.41) is 11.1. The molecule has 1 aliphatic heterocycles. The van der Waals surface area contributed by atoms with E-state index >= 15 is 0 Å². The van der Waals surface area contributed by atoms with Crippen molar-refractivity contribution in [2.24, 2.45) is 11.8 Å². The number of carboxylic acid groups (broad SMARTS) is 1. The fourth-order valence-corrected chi connectivity index (χ4v) is 5.38. The van der Waals surface area contributed by atoms with E-state index in [1.807, 2.05) is 18.2 Å². The Balaban J connectivity index is 1.38. The summed E-state index contributed by atoms with van der Waals surface area (Å²) in [4.78, 5) is 18.1. The second kappa shape index (κ2) is 12.4. The maximum atomic E-state index is 13.4. The number of likely N-dealkylation sites (tertiary alicyclic amines) is 1. The summed E-state index contributed by atoms with van der Waals surface area (Å²) in [5.41, 5.74) is 2.18. The lowest BCUT2D eigenvalue weighted by Crippen LogP contribution is -2.41. The van der Waals surface area contributed by atoms with Crippen molar-refractivity contribution in [3.8, 4) is 17.6 Å².